The molecule has 1 heterocycles. The van der Waals surface area contributed by atoms with Crippen LogP contribution in [0.3, 0.4) is 0 Å². The summed E-state index contributed by atoms with van der Waals surface area (Å²) in [6, 6.07) is 0. The highest BCUT2D eigenvalue weighted by Gasteiger charge is 2.13. The lowest BCUT2D eigenvalue weighted by Gasteiger charge is -2.29. The molecule has 0 saturated carbocycles. The maximum Gasteiger partial charge on any atom is -0.00162 e. The summed E-state index contributed by atoms with van der Waals surface area (Å²) in [4.78, 5) is 2.58. The molecule has 0 unspecified atom stereocenters. The molecule has 0 aromatic heterocycles. The van der Waals surface area contributed by atoms with Gasteiger partial charge in [0.05, 0.1) is 0 Å². The molecule has 0 amide bonds. The molecule has 1 heteroatoms. The van der Waals surface area contributed by atoms with Crippen LogP contribution in [-0.2, 0) is 0 Å². The Hall–Kier alpha value is -0.0400. The molecule has 1 nitrogen and oxygen atoms in total. The van der Waals surface area contributed by atoms with Crippen LogP contribution in [-0.4, -0.2) is 24.5 Å². The highest BCUT2D eigenvalue weighted by atomic mass is 15.1. The van der Waals surface area contributed by atoms with E-state index in [4.69, 9.17) is 0 Å². The van der Waals surface area contributed by atoms with Gasteiger partial charge in [0.1, 0.15) is 0 Å². The Morgan fingerprint density at radius 3 is 2.08 bits per heavy atom. The minimum absolute atomic E-state index is 0. The Kier molecular flexibility index (Phi) is 9.17. The molecule has 1 aliphatic rings. The Morgan fingerprint density at radius 1 is 1.17 bits per heavy atom. The second-order valence-electron chi connectivity index (χ2n) is 3.52. The van der Waals surface area contributed by atoms with E-state index in [0.717, 1.165) is 5.92 Å². The number of hydrogen-bond acceptors (Lipinski definition) is 1. The Bertz CT molecular complexity index is 83.0. The molecule has 0 aromatic rings. The van der Waals surface area contributed by atoms with Crippen molar-refractivity contribution in [3.8, 4) is 0 Å². The van der Waals surface area contributed by atoms with Crippen molar-refractivity contribution < 1.29 is 0 Å². The maximum absolute atomic E-state index is 2.58. The van der Waals surface area contributed by atoms with Crippen LogP contribution >= 0.6 is 0 Å². The summed E-state index contributed by atoms with van der Waals surface area (Å²) in [5, 5.41) is 0. The first-order chi connectivity index (χ1) is 4.83. The average molecular weight is 173 g/mol. The van der Waals surface area contributed by atoms with Gasteiger partial charge in [-0.05, 0) is 44.8 Å². The topological polar surface area (TPSA) is 3.24 Å². The lowest BCUT2D eigenvalue weighted by atomic mass is 9.99. The van der Waals surface area contributed by atoms with E-state index >= 15 is 0 Å². The van der Waals surface area contributed by atoms with Crippen LogP contribution in [0.15, 0.2) is 0 Å². The first kappa shape index (κ1) is 14.5. The van der Waals surface area contributed by atoms with Crippen LogP contribution in [0.5, 0.6) is 0 Å². The molecule has 1 rings (SSSR count). The summed E-state index contributed by atoms with van der Waals surface area (Å²) in [7, 11) is 0. The highest BCUT2D eigenvalue weighted by Crippen LogP contribution is 2.15. The zero-order valence-corrected chi connectivity index (χ0v) is 7.27. The monoisotopic (exact) mass is 173 g/mol. The normalized spacial score (nSPS) is 19.5. The molecule has 12 heavy (non-hydrogen) atoms. The minimum atomic E-state index is 0. The fraction of sp³-hybridized carbons (Fsp3) is 1.00. The van der Waals surface area contributed by atoms with Crippen LogP contribution in [0.2, 0.25) is 0 Å². The maximum atomic E-state index is 2.58. The second kappa shape index (κ2) is 7.60. The standard InChI is InChI=1S/C9H19N.2CH4/c1-3-6-10-7-4-9(2)5-8-10;;/h9H,3-8H2,1-2H3;2*1H4. The molecule has 0 aliphatic carbocycles. The largest absolute Gasteiger partial charge is 0.303 e. The third kappa shape index (κ3) is 4.76. The van der Waals surface area contributed by atoms with Gasteiger partial charge in [-0.25, -0.2) is 0 Å². The third-order valence-electron chi connectivity index (χ3n) is 2.42. The molecular weight excluding hydrogens is 146 g/mol. The molecule has 0 aromatic carbocycles. The summed E-state index contributed by atoms with van der Waals surface area (Å²) in [5.74, 6) is 0.980. The lowest BCUT2D eigenvalue weighted by Crippen LogP contribution is -2.33. The molecule has 1 aliphatic heterocycles. The van der Waals surface area contributed by atoms with Crippen molar-refractivity contribution >= 4 is 0 Å². The first-order valence-electron chi connectivity index (χ1n) is 4.55. The zero-order chi connectivity index (χ0) is 7.40. The van der Waals surface area contributed by atoms with Crippen LogP contribution in [0.1, 0.15) is 48.0 Å². The van der Waals surface area contributed by atoms with Gasteiger partial charge in [-0.3, -0.25) is 0 Å². The van der Waals surface area contributed by atoms with Gasteiger partial charge < -0.3 is 4.90 Å². The van der Waals surface area contributed by atoms with Crippen molar-refractivity contribution in [2.45, 2.75) is 48.0 Å². The average Bonchev–Trinajstić information content (AvgIpc) is 1.95. The van der Waals surface area contributed by atoms with Gasteiger partial charge in [0.15, 0.2) is 0 Å². The quantitative estimate of drug-likeness (QED) is 0.618. The van der Waals surface area contributed by atoms with E-state index in [2.05, 4.69) is 18.7 Å². The molecule has 0 bridgehead atoms. The van der Waals surface area contributed by atoms with Crippen molar-refractivity contribution in [3.63, 3.8) is 0 Å². The summed E-state index contributed by atoms with van der Waals surface area (Å²) >= 11 is 0. The summed E-state index contributed by atoms with van der Waals surface area (Å²) in [6.45, 7) is 8.62. The molecule has 0 spiro atoms. The Labute approximate surface area is 79.2 Å². The molecule has 0 atom stereocenters. The van der Waals surface area contributed by atoms with Gasteiger partial charge in [-0.2, -0.15) is 0 Å². The van der Waals surface area contributed by atoms with E-state index in [0.29, 0.717) is 0 Å². The van der Waals surface area contributed by atoms with Crippen molar-refractivity contribution in [1.82, 2.24) is 4.90 Å². The molecule has 1 saturated heterocycles. The summed E-state index contributed by atoms with van der Waals surface area (Å²) in [6.07, 6.45) is 4.15. The van der Waals surface area contributed by atoms with E-state index in [1.807, 2.05) is 0 Å². The first-order valence-corrected chi connectivity index (χ1v) is 4.55. The predicted octanol–water partition coefficient (Wildman–Crippen LogP) is 3.40. The molecule has 0 N–H and O–H groups in total. The fourth-order valence-corrected chi connectivity index (χ4v) is 1.60. The van der Waals surface area contributed by atoms with Crippen LogP contribution in [0.25, 0.3) is 0 Å². The number of hydrogen-bond donors (Lipinski definition) is 0. The molecular formula is C11H27N. The van der Waals surface area contributed by atoms with Gasteiger partial charge in [-0.1, -0.05) is 28.7 Å². The van der Waals surface area contributed by atoms with E-state index in [1.54, 1.807) is 0 Å². The second-order valence-corrected chi connectivity index (χ2v) is 3.52. The van der Waals surface area contributed by atoms with Gasteiger partial charge >= 0.3 is 0 Å². The summed E-state index contributed by atoms with van der Waals surface area (Å²) < 4.78 is 0. The van der Waals surface area contributed by atoms with Crippen LogP contribution in [0.4, 0.5) is 0 Å². The van der Waals surface area contributed by atoms with Gasteiger partial charge in [0.25, 0.3) is 0 Å². The van der Waals surface area contributed by atoms with E-state index < -0.39 is 0 Å². The van der Waals surface area contributed by atoms with Gasteiger partial charge in [-0.15, -0.1) is 0 Å². The van der Waals surface area contributed by atoms with Crippen LogP contribution < -0.4 is 0 Å². The van der Waals surface area contributed by atoms with Crippen molar-refractivity contribution in [1.29, 1.82) is 0 Å². The smallest absolute Gasteiger partial charge is 0.00162 e. The Morgan fingerprint density at radius 2 is 1.67 bits per heavy atom. The van der Waals surface area contributed by atoms with Gasteiger partial charge in [0.2, 0.25) is 0 Å². The zero-order valence-electron chi connectivity index (χ0n) is 7.27. The SMILES string of the molecule is C.C.CCCN1CCC(C)CC1. The van der Waals surface area contributed by atoms with Gasteiger partial charge in [0, 0.05) is 0 Å². The number of piperidine rings is 1. The Balaban J connectivity index is 0. The van der Waals surface area contributed by atoms with Crippen molar-refractivity contribution in [2.24, 2.45) is 5.92 Å². The highest BCUT2D eigenvalue weighted by molar-refractivity contribution is 4.68. The van der Waals surface area contributed by atoms with Crippen molar-refractivity contribution in [2.75, 3.05) is 19.6 Å². The van der Waals surface area contributed by atoms with E-state index in [9.17, 15) is 0 Å². The van der Waals surface area contributed by atoms with Crippen LogP contribution in [0, 0.1) is 5.92 Å². The predicted molar refractivity (Wildman–Crippen MR) is 58.6 cm³/mol. The number of rotatable bonds is 2. The number of nitrogens with zero attached hydrogens (tertiary/aromatic N) is 1. The lowest BCUT2D eigenvalue weighted by molar-refractivity contribution is 0.193. The number of likely N-dealkylation sites (tertiary alicyclic amines) is 1. The minimum Gasteiger partial charge on any atom is -0.303 e. The molecule has 1 fully saturated rings. The van der Waals surface area contributed by atoms with E-state index in [1.165, 1.54) is 38.9 Å². The third-order valence-corrected chi connectivity index (χ3v) is 2.42. The molecule has 0 radical (unpaired) electrons. The van der Waals surface area contributed by atoms with Crippen molar-refractivity contribution in [3.05, 3.63) is 0 Å². The fourth-order valence-electron chi connectivity index (χ4n) is 1.60. The summed E-state index contributed by atoms with van der Waals surface area (Å²) in [5.41, 5.74) is 0. The van der Waals surface area contributed by atoms with E-state index in [-0.39, 0.29) is 14.9 Å². The molecule has 76 valence electrons.